The minimum absolute atomic E-state index is 0.118. The van der Waals surface area contributed by atoms with Gasteiger partial charge in [-0.25, -0.2) is 0 Å². The van der Waals surface area contributed by atoms with E-state index in [1.807, 2.05) is 57.1 Å². The van der Waals surface area contributed by atoms with Crippen LogP contribution in [0, 0.1) is 13.8 Å². The predicted octanol–water partition coefficient (Wildman–Crippen LogP) is 4.24. The Labute approximate surface area is 195 Å². The van der Waals surface area contributed by atoms with Gasteiger partial charge in [0.1, 0.15) is 18.1 Å². The molecule has 1 fully saturated rings. The van der Waals surface area contributed by atoms with Crippen LogP contribution in [0.15, 0.2) is 60.7 Å². The van der Waals surface area contributed by atoms with E-state index in [2.05, 4.69) is 6.58 Å². The first-order valence-electron chi connectivity index (χ1n) is 11.1. The molecule has 1 atom stereocenters. The lowest BCUT2D eigenvalue weighted by Crippen LogP contribution is -2.32. The number of carbonyl (C=O) groups excluding carboxylic acids is 2. The minimum Gasteiger partial charge on any atom is -0.507 e. The fourth-order valence-corrected chi connectivity index (χ4v) is 4.03. The van der Waals surface area contributed by atoms with Crippen LogP contribution in [0.25, 0.3) is 5.76 Å². The average Bonchev–Trinajstić information content (AvgIpc) is 3.03. The van der Waals surface area contributed by atoms with E-state index in [0.29, 0.717) is 24.5 Å². The fraction of sp³-hybridized carbons (Fsp3) is 0.333. The number of aliphatic hydroxyl groups excluding tert-OH is 1. The van der Waals surface area contributed by atoms with Crippen molar-refractivity contribution in [2.45, 2.75) is 26.3 Å². The Balaban J connectivity index is 2.06. The molecule has 1 saturated heterocycles. The van der Waals surface area contributed by atoms with Gasteiger partial charge < -0.3 is 19.6 Å². The van der Waals surface area contributed by atoms with E-state index in [9.17, 15) is 14.7 Å². The number of hydrogen-bond acceptors (Lipinski definition) is 5. The molecule has 1 heterocycles. The first-order chi connectivity index (χ1) is 15.7. The summed E-state index contributed by atoms with van der Waals surface area (Å²) in [6, 6.07) is 12.3. The molecule has 0 saturated carbocycles. The van der Waals surface area contributed by atoms with Crippen molar-refractivity contribution in [3.63, 3.8) is 0 Å². The van der Waals surface area contributed by atoms with Crippen molar-refractivity contribution < 1.29 is 19.4 Å². The number of amides is 1. The molecule has 6 heteroatoms. The predicted molar refractivity (Wildman–Crippen MR) is 130 cm³/mol. The van der Waals surface area contributed by atoms with Gasteiger partial charge in [-0.15, -0.1) is 0 Å². The molecule has 0 spiro atoms. The van der Waals surface area contributed by atoms with Gasteiger partial charge in [-0.3, -0.25) is 9.59 Å². The highest BCUT2D eigenvalue weighted by molar-refractivity contribution is 6.46. The van der Waals surface area contributed by atoms with Gasteiger partial charge in [0.2, 0.25) is 0 Å². The summed E-state index contributed by atoms with van der Waals surface area (Å²) < 4.78 is 5.62. The van der Waals surface area contributed by atoms with Crippen LogP contribution in [-0.2, 0) is 9.59 Å². The fourth-order valence-electron chi connectivity index (χ4n) is 4.03. The molecule has 0 aliphatic carbocycles. The van der Waals surface area contributed by atoms with E-state index in [1.54, 1.807) is 29.2 Å². The zero-order chi connectivity index (χ0) is 24.1. The molecule has 2 aromatic rings. The zero-order valence-electron chi connectivity index (χ0n) is 19.8. The summed E-state index contributed by atoms with van der Waals surface area (Å²) in [5.41, 5.74) is 3.28. The number of ketones is 1. The summed E-state index contributed by atoms with van der Waals surface area (Å²) in [6.45, 7) is 9.08. The Kier molecular flexibility index (Phi) is 7.71. The van der Waals surface area contributed by atoms with Gasteiger partial charge in [0.05, 0.1) is 11.6 Å². The van der Waals surface area contributed by atoms with Crippen LogP contribution in [0.2, 0.25) is 0 Å². The number of Topliss-reactive ketones (excluding diaryl/α,β-unsaturated/α-hetero) is 1. The third kappa shape index (κ3) is 5.34. The molecule has 0 bridgehead atoms. The van der Waals surface area contributed by atoms with Crippen molar-refractivity contribution >= 4 is 17.4 Å². The Hall–Kier alpha value is -3.38. The Morgan fingerprint density at radius 2 is 1.85 bits per heavy atom. The monoisotopic (exact) mass is 448 g/mol. The summed E-state index contributed by atoms with van der Waals surface area (Å²) in [5.74, 6) is -0.741. The highest BCUT2D eigenvalue weighted by Crippen LogP contribution is 2.40. The first kappa shape index (κ1) is 24.3. The molecule has 1 aliphatic rings. The maximum Gasteiger partial charge on any atom is 0.295 e. The molecule has 0 unspecified atom stereocenters. The average molecular weight is 449 g/mol. The Morgan fingerprint density at radius 1 is 1.15 bits per heavy atom. The quantitative estimate of drug-likeness (QED) is 0.269. The maximum absolute atomic E-state index is 13.1. The first-order valence-corrected chi connectivity index (χ1v) is 11.1. The number of aryl methyl sites for hydroxylation is 2. The summed E-state index contributed by atoms with van der Waals surface area (Å²) in [6.07, 6.45) is 2.38. The number of benzene rings is 2. The Morgan fingerprint density at radius 3 is 2.45 bits per heavy atom. The van der Waals surface area contributed by atoms with Crippen LogP contribution in [-0.4, -0.2) is 60.4 Å². The highest BCUT2D eigenvalue weighted by Gasteiger charge is 2.45. The van der Waals surface area contributed by atoms with E-state index in [1.165, 1.54) is 0 Å². The van der Waals surface area contributed by atoms with Crippen molar-refractivity contribution in [2.75, 3.05) is 33.8 Å². The lowest BCUT2D eigenvalue weighted by atomic mass is 9.94. The molecule has 0 radical (unpaired) electrons. The van der Waals surface area contributed by atoms with Crippen LogP contribution >= 0.6 is 0 Å². The lowest BCUT2D eigenvalue weighted by molar-refractivity contribution is -0.139. The van der Waals surface area contributed by atoms with Gasteiger partial charge in [0, 0.05) is 12.1 Å². The van der Waals surface area contributed by atoms with Gasteiger partial charge in [-0.2, -0.15) is 0 Å². The third-order valence-electron chi connectivity index (χ3n) is 5.74. The largest absolute Gasteiger partial charge is 0.507 e. The van der Waals surface area contributed by atoms with Gasteiger partial charge >= 0.3 is 0 Å². The summed E-state index contributed by atoms with van der Waals surface area (Å²) in [5, 5.41) is 11.2. The standard InChI is InChI=1S/C27H32N2O4/c1-6-16-33-22-13-12-21(17-19(22)3)25(30)23-24(20-10-8-18(2)9-11-20)29(27(32)26(23)31)15-7-14-28(4)5/h6,8-13,17,24,30H,1,7,14-16H2,2-5H3/t24-/m0/s1. The van der Waals surface area contributed by atoms with Gasteiger partial charge in [-0.1, -0.05) is 42.5 Å². The summed E-state index contributed by atoms with van der Waals surface area (Å²) in [7, 11) is 3.94. The molecule has 6 nitrogen and oxygen atoms in total. The van der Waals surface area contributed by atoms with Crippen molar-refractivity contribution in [1.82, 2.24) is 9.80 Å². The number of nitrogens with zero attached hydrogens (tertiary/aromatic N) is 2. The zero-order valence-corrected chi connectivity index (χ0v) is 19.8. The van der Waals surface area contributed by atoms with Crippen molar-refractivity contribution in [1.29, 1.82) is 0 Å². The van der Waals surface area contributed by atoms with Gasteiger partial charge in [-0.05, 0) is 70.2 Å². The van der Waals surface area contributed by atoms with Crippen molar-refractivity contribution in [3.8, 4) is 5.75 Å². The SMILES string of the molecule is C=CCOc1ccc(C(O)=C2C(=O)C(=O)N(CCCN(C)C)[C@H]2c2ccc(C)cc2)cc1C. The van der Waals surface area contributed by atoms with Crippen molar-refractivity contribution in [3.05, 3.63) is 82.9 Å². The number of likely N-dealkylation sites (tertiary alicyclic amines) is 1. The number of aliphatic hydroxyl groups is 1. The van der Waals surface area contributed by atoms with E-state index in [0.717, 1.165) is 29.7 Å². The van der Waals surface area contributed by atoms with Crippen LogP contribution in [0.4, 0.5) is 0 Å². The van der Waals surface area contributed by atoms with E-state index in [-0.39, 0.29) is 11.3 Å². The molecule has 1 N–H and O–H groups in total. The molecule has 174 valence electrons. The minimum atomic E-state index is -0.660. The molecule has 3 rings (SSSR count). The summed E-state index contributed by atoms with van der Waals surface area (Å²) in [4.78, 5) is 29.7. The third-order valence-corrected chi connectivity index (χ3v) is 5.74. The summed E-state index contributed by atoms with van der Waals surface area (Å²) >= 11 is 0. The Bertz CT molecular complexity index is 1070. The highest BCUT2D eigenvalue weighted by atomic mass is 16.5. The topological polar surface area (TPSA) is 70.1 Å². The molecule has 33 heavy (non-hydrogen) atoms. The van der Waals surface area contributed by atoms with Gasteiger partial charge in [0.15, 0.2) is 0 Å². The molecule has 2 aromatic carbocycles. The molecule has 1 aliphatic heterocycles. The normalized spacial score (nSPS) is 17.6. The molecular weight excluding hydrogens is 416 g/mol. The number of rotatable bonds is 9. The second-order valence-corrected chi connectivity index (χ2v) is 8.64. The van der Waals surface area contributed by atoms with Crippen LogP contribution in [0.3, 0.4) is 0 Å². The van der Waals surface area contributed by atoms with E-state index < -0.39 is 17.7 Å². The number of carbonyl (C=O) groups is 2. The molecule has 0 aromatic heterocycles. The second kappa shape index (κ2) is 10.5. The van der Waals surface area contributed by atoms with Crippen LogP contribution < -0.4 is 4.74 Å². The van der Waals surface area contributed by atoms with Crippen LogP contribution in [0.5, 0.6) is 5.75 Å². The second-order valence-electron chi connectivity index (χ2n) is 8.64. The van der Waals surface area contributed by atoms with Crippen LogP contribution in [0.1, 0.15) is 34.7 Å². The van der Waals surface area contributed by atoms with E-state index in [4.69, 9.17) is 4.74 Å². The van der Waals surface area contributed by atoms with E-state index >= 15 is 0 Å². The van der Waals surface area contributed by atoms with Gasteiger partial charge in [0.25, 0.3) is 11.7 Å². The maximum atomic E-state index is 13.1. The van der Waals surface area contributed by atoms with Crippen molar-refractivity contribution in [2.24, 2.45) is 0 Å². The molecular formula is C27H32N2O4. The number of ether oxygens (including phenoxy) is 1. The molecule has 1 amide bonds. The lowest BCUT2D eigenvalue weighted by Gasteiger charge is -2.26. The number of hydrogen-bond donors (Lipinski definition) is 1. The smallest absolute Gasteiger partial charge is 0.295 e.